The van der Waals surface area contributed by atoms with E-state index in [9.17, 15) is 14.7 Å². The zero-order chi connectivity index (χ0) is 18.4. The molecule has 0 aliphatic rings. The molecular formula is C19H23N3O3. The first-order valence-electron chi connectivity index (χ1n) is 8.21. The summed E-state index contributed by atoms with van der Waals surface area (Å²) in [6, 6.07) is 12.1. The first-order chi connectivity index (χ1) is 11.9. The number of benzene rings is 2. The van der Waals surface area contributed by atoms with Crippen molar-refractivity contribution in [2.24, 2.45) is 0 Å². The van der Waals surface area contributed by atoms with Gasteiger partial charge in [-0.3, -0.25) is 9.59 Å². The second kappa shape index (κ2) is 8.19. The van der Waals surface area contributed by atoms with E-state index in [2.05, 4.69) is 29.4 Å². The highest BCUT2D eigenvalue weighted by Crippen LogP contribution is 2.24. The van der Waals surface area contributed by atoms with Crippen LogP contribution in [-0.2, 0) is 9.59 Å². The van der Waals surface area contributed by atoms with Crippen LogP contribution in [0.3, 0.4) is 0 Å². The number of hydrogen-bond acceptors (Lipinski definition) is 4. The van der Waals surface area contributed by atoms with Crippen LogP contribution in [0.1, 0.15) is 19.4 Å². The van der Waals surface area contributed by atoms with Crippen LogP contribution in [0.4, 0.5) is 17.1 Å². The highest BCUT2D eigenvalue weighted by atomic mass is 16.3. The van der Waals surface area contributed by atoms with E-state index < -0.39 is 11.8 Å². The van der Waals surface area contributed by atoms with Gasteiger partial charge in [0, 0.05) is 24.5 Å². The van der Waals surface area contributed by atoms with Crippen LogP contribution in [0.15, 0.2) is 42.5 Å². The van der Waals surface area contributed by atoms with E-state index in [0.717, 1.165) is 24.3 Å². The summed E-state index contributed by atoms with van der Waals surface area (Å²) >= 11 is 0. The minimum Gasteiger partial charge on any atom is -0.506 e. The maximum Gasteiger partial charge on any atom is 0.314 e. The summed E-state index contributed by atoms with van der Waals surface area (Å²) in [6.45, 7) is 7.75. The topological polar surface area (TPSA) is 81.7 Å². The first kappa shape index (κ1) is 18.3. The molecule has 2 aromatic rings. The van der Waals surface area contributed by atoms with Gasteiger partial charge in [0.05, 0.1) is 5.69 Å². The van der Waals surface area contributed by atoms with E-state index in [1.165, 1.54) is 6.07 Å². The number of nitrogens with one attached hydrogen (secondary N) is 2. The van der Waals surface area contributed by atoms with Gasteiger partial charge in [0.2, 0.25) is 0 Å². The zero-order valence-corrected chi connectivity index (χ0v) is 14.7. The van der Waals surface area contributed by atoms with E-state index in [1.807, 2.05) is 19.1 Å². The number of nitrogens with zero attached hydrogens (tertiary/aromatic N) is 1. The van der Waals surface area contributed by atoms with Crippen LogP contribution >= 0.6 is 0 Å². The summed E-state index contributed by atoms with van der Waals surface area (Å²) in [6.07, 6.45) is 0. The van der Waals surface area contributed by atoms with Gasteiger partial charge in [0.1, 0.15) is 5.75 Å². The zero-order valence-electron chi connectivity index (χ0n) is 14.7. The molecule has 6 nitrogen and oxygen atoms in total. The highest BCUT2D eigenvalue weighted by molar-refractivity contribution is 6.43. The molecule has 0 heterocycles. The molecule has 132 valence electrons. The molecule has 0 aromatic heterocycles. The average molecular weight is 341 g/mol. The van der Waals surface area contributed by atoms with Crippen molar-refractivity contribution in [2.75, 3.05) is 28.6 Å². The van der Waals surface area contributed by atoms with Gasteiger partial charge < -0.3 is 20.6 Å². The molecule has 3 N–H and O–H groups in total. The second-order valence-corrected chi connectivity index (χ2v) is 5.65. The van der Waals surface area contributed by atoms with Gasteiger partial charge in [0.25, 0.3) is 0 Å². The van der Waals surface area contributed by atoms with Crippen molar-refractivity contribution >= 4 is 28.9 Å². The molecule has 0 radical (unpaired) electrons. The number of aromatic hydroxyl groups is 1. The Kier molecular flexibility index (Phi) is 6.00. The summed E-state index contributed by atoms with van der Waals surface area (Å²) in [5, 5.41) is 14.7. The monoisotopic (exact) mass is 341 g/mol. The lowest BCUT2D eigenvalue weighted by Crippen LogP contribution is -2.29. The summed E-state index contributed by atoms with van der Waals surface area (Å²) < 4.78 is 0. The quantitative estimate of drug-likeness (QED) is 0.576. The van der Waals surface area contributed by atoms with Gasteiger partial charge in [-0.05, 0) is 62.7 Å². The molecule has 6 heteroatoms. The number of amides is 2. The van der Waals surface area contributed by atoms with Crippen LogP contribution in [0.5, 0.6) is 5.75 Å². The Morgan fingerprint density at radius 2 is 1.56 bits per heavy atom. The summed E-state index contributed by atoms with van der Waals surface area (Å²) in [4.78, 5) is 26.2. The van der Waals surface area contributed by atoms with Crippen LogP contribution in [-0.4, -0.2) is 30.0 Å². The Balaban J connectivity index is 2.00. The maximum absolute atomic E-state index is 12.0. The minimum atomic E-state index is -0.841. The number of carbonyl (C=O) groups excluding carboxylic acids is 2. The number of carbonyl (C=O) groups is 2. The molecule has 0 saturated carbocycles. The number of hydrogen-bond donors (Lipinski definition) is 3. The lowest BCUT2D eigenvalue weighted by molar-refractivity contribution is -0.133. The van der Waals surface area contributed by atoms with Crippen molar-refractivity contribution in [3.63, 3.8) is 0 Å². The molecule has 0 unspecified atom stereocenters. The molecule has 0 aliphatic heterocycles. The fraction of sp³-hybridized carbons (Fsp3) is 0.263. The van der Waals surface area contributed by atoms with Gasteiger partial charge in [-0.25, -0.2) is 0 Å². The van der Waals surface area contributed by atoms with E-state index in [-0.39, 0.29) is 11.4 Å². The lowest BCUT2D eigenvalue weighted by atomic mass is 10.2. The van der Waals surface area contributed by atoms with Crippen LogP contribution in [0.2, 0.25) is 0 Å². The molecule has 0 spiro atoms. The van der Waals surface area contributed by atoms with Crippen LogP contribution in [0, 0.1) is 6.92 Å². The molecule has 0 bridgehead atoms. The first-order valence-corrected chi connectivity index (χ1v) is 8.21. The van der Waals surface area contributed by atoms with Gasteiger partial charge in [-0.2, -0.15) is 0 Å². The van der Waals surface area contributed by atoms with Gasteiger partial charge in [0.15, 0.2) is 0 Å². The number of phenolic OH excluding ortho intramolecular Hbond substituents is 1. The summed E-state index contributed by atoms with van der Waals surface area (Å²) in [7, 11) is 0. The summed E-state index contributed by atoms with van der Waals surface area (Å²) in [5.74, 6) is -1.72. The third kappa shape index (κ3) is 4.73. The normalized spacial score (nSPS) is 10.2. The molecule has 0 aliphatic carbocycles. The van der Waals surface area contributed by atoms with Crippen LogP contribution in [0.25, 0.3) is 0 Å². The van der Waals surface area contributed by atoms with E-state index in [4.69, 9.17) is 0 Å². The number of rotatable bonds is 5. The Labute approximate surface area is 147 Å². The fourth-order valence-electron chi connectivity index (χ4n) is 2.46. The smallest absolute Gasteiger partial charge is 0.314 e. The third-order valence-electron chi connectivity index (χ3n) is 3.86. The average Bonchev–Trinajstić information content (AvgIpc) is 2.59. The Morgan fingerprint density at radius 1 is 0.960 bits per heavy atom. The molecule has 2 aromatic carbocycles. The van der Waals surface area contributed by atoms with Gasteiger partial charge in [-0.1, -0.05) is 6.07 Å². The largest absolute Gasteiger partial charge is 0.506 e. The second-order valence-electron chi connectivity index (χ2n) is 5.65. The molecule has 25 heavy (non-hydrogen) atoms. The van der Waals surface area contributed by atoms with Gasteiger partial charge >= 0.3 is 11.8 Å². The SMILES string of the molecule is CCN(CC)c1ccc(NC(=O)C(=O)Nc2ccc(C)cc2O)cc1. The lowest BCUT2D eigenvalue weighted by Gasteiger charge is -2.21. The van der Waals surface area contributed by atoms with Crippen molar-refractivity contribution in [2.45, 2.75) is 20.8 Å². The number of aryl methyl sites for hydroxylation is 1. The summed E-state index contributed by atoms with van der Waals surface area (Å²) in [5.41, 5.74) is 2.64. The van der Waals surface area contributed by atoms with Crippen molar-refractivity contribution < 1.29 is 14.7 Å². The molecule has 2 rings (SSSR count). The van der Waals surface area contributed by atoms with Crippen molar-refractivity contribution in [1.82, 2.24) is 0 Å². The van der Waals surface area contributed by atoms with E-state index in [1.54, 1.807) is 24.3 Å². The van der Waals surface area contributed by atoms with Crippen LogP contribution < -0.4 is 15.5 Å². The minimum absolute atomic E-state index is 0.0790. The predicted octanol–water partition coefficient (Wildman–Crippen LogP) is 3.12. The van der Waals surface area contributed by atoms with Crippen molar-refractivity contribution in [3.8, 4) is 5.75 Å². The molecule has 0 fully saturated rings. The Morgan fingerprint density at radius 3 is 2.12 bits per heavy atom. The highest BCUT2D eigenvalue weighted by Gasteiger charge is 2.16. The van der Waals surface area contributed by atoms with E-state index >= 15 is 0 Å². The number of phenols is 1. The molecule has 0 atom stereocenters. The molecular weight excluding hydrogens is 318 g/mol. The van der Waals surface area contributed by atoms with Crippen molar-refractivity contribution in [3.05, 3.63) is 48.0 Å². The van der Waals surface area contributed by atoms with Crippen molar-refractivity contribution in [1.29, 1.82) is 0 Å². The molecule has 0 saturated heterocycles. The third-order valence-corrected chi connectivity index (χ3v) is 3.86. The maximum atomic E-state index is 12.0. The molecule has 2 amide bonds. The fourth-order valence-corrected chi connectivity index (χ4v) is 2.46. The standard InChI is InChI=1S/C19H23N3O3/c1-4-22(5-2)15-9-7-14(8-10-15)20-18(24)19(25)21-16-11-6-13(3)12-17(16)23/h6-12,23H,4-5H2,1-3H3,(H,20,24)(H,21,25). The van der Waals surface area contributed by atoms with Gasteiger partial charge in [-0.15, -0.1) is 0 Å². The van der Waals surface area contributed by atoms with E-state index in [0.29, 0.717) is 5.69 Å². The predicted molar refractivity (Wildman–Crippen MR) is 100 cm³/mol. The Hall–Kier alpha value is -3.02. The number of anilines is 3. The Bertz CT molecular complexity index is 753.